The zero-order valence-electron chi connectivity index (χ0n) is 15.7. The van der Waals surface area contributed by atoms with Crippen molar-refractivity contribution in [1.82, 2.24) is 19.6 Å². The number of hydrogen-bond acceptors (Lipinski definition) is 5. The summed E-state index contributed by atoms with van der Waals surface area (Å²) in [6, 6.07) is 0.459. The predicted molar refractivity (Wildman–Crippen MR) is 99.2 cm³/mol. The standard InChI is InChI=1S/C19H29N5O2/c1-14-18(12-22-24(14)17-5-8-25-9-6-17)20-10-15-4-3-7-26-19(15)16-11-21-23(2)13-16/h11-13,15,17,19-20H,3-10H2,1-2H3/t15-,19+/m0/s1. The summed E-state index contributed by atoms with van der Waals surface area (Å²) in [5.74, 6) is 0.443. The van der Waals surface area contributed by atoms with Gasteiger partial charge in [0.15, 0.2) is 0 Å². The highest BCUT2D eigenvalue weighted by molar-refractivity contribution is 5.46. The van der Waals surface area contributed by atoms with Crippen LogP contribution in [-0.2, 0) is 16.5 Å². The molecule has 0 amide bonds. The molecule has 0 saturated carbocycles. The Hall–Kier alpha value is -1.86. The minimum Gasteiger partial charge on any atom is -0.382 e. The number of aromatic nitrogens is 4. The average molecular weight is 359 g/mol. The zero-order valence-corrected chi connectivity index (χ0v) is 15.7. The molecule has 0 aromatic carbocycles. The van der Waals surface area contributed by atoms with Crippen molar-refractivity contribution in [2.45, 2.75) is 44.8 Å². The first-order valence-electron chi connectivity index (χ1n) is 9.68. The minimum atomic E-state index is 0.121. The first-order valence-corrected chi connectivity index (χ1v) is 9.68. The van der Waals surface area contributed by atoms with E-state index >= 15 is 0 Å². The maximum Gasteiger partial charge on any atom is 0.0900 e. The van der Waals surface area contributed by atoms with Gasteiger partial charge in [0.05, 0.1) is 35.9 Å². The van der Waals surface area contributed by atoms with E-state index < -0.39 is 0 Å². The predicted octanol–water partition coefficient (Wildman–Crippen LogP) is 2.86. The van der Waals surface area contributed by atoms with Crippen LogP contribution in [0.2, 0.25) is 0 Å². The lowest BCUT2D eigenvalue weighted by Gasteiger charge is -2.31. The summed E-state index contributed by atoms with van der Waals surface area (Å²) in [6.07, 6.45) is 10.4. The maximum atomic E-state index is 6.08. The summed E-state index contributed by atoms with van der Waals surface area (Å²) < 4.78 is 15.6. The molecule has 142 valence electrons. The minimum absolute atomic E-state index is 0.121. The Morgan fingerprint density at radius 3 is 2.77 bits per heavy atom. The van der Waals surface area contributed by atoms with Crippen LogP contribution in [-0.4, -0.2) is 45.9 Å². The third kappa shape index (κ3) is 3.64. The van der Waals surface area contributed by atoms with Crippen LogP contribution in [0.5, 0.6) is 0 Å². The third-order valence-corrected chi connectivity index (χ3v) is 5.63. The highest BCUT2D eigenvalue weighted by Crippen LogP contribution is 2.34. The molecule has 2 fully saturated rings. The lowest BCUT2D eigenvalue weighted by molar-refractivity contribution is -0.0238. The van der Waals surface area contributed by atoms with Crippen LogP contribution in [0.25, 0.3) is 0 Å². The Morgan fingerprint density at radius 2 is 2.00 bits per heavy atom. The topological polar surface area (TPSA) is 66.1 Å². The Morgan fingerprint density at radius 1 is 1.15 bits per heavy atom. The van der Waals surface area contributed by atoms with Crippen molar-refractivity contribution in [1.29, 1.82) is 0 Å². The molecular weight excluding hydrogens is 330 g/mol. The quantitative estimate of drug-likeness (QED) is 0.889. The molecule has 4 rings (SSSR count). The fraction of sp³-hybridized carbons (Fsp3) is 0.684. The smallest absolute Gasteiger partial charge is 0.0900 e. The number of nitrogens with one attached hydrogen (secondary N) is 1. The molecule has 4 heterocycles. The number of nitrogens with zero attached hydrogens (tertiary/aromatic N) is 4. The largest absolute Gasteiger partial charge is 0.382 e. The summed E-state index contributed by atoms with van der Waals surface area (Å²) >= 11 is 0. The number of aryl methyl sites for hydroxylation is 1. The van der Waals surface area contributed by atoms with Crippen molar-refractivity contribution in [3.8, 4) is 0 Å². The maximum absolute atomic E-state index is 6.08. The van der Waals surface area contributed by atoms with E-state index in [-0.39, 0.29) is 6.10 Å². The summed E-state index contributed by atoms with van der Waals surface area (Å²) in [6.45, 7) is 5.54. The van der Waals surface area contributed by atoms with Gasteiger partial charge >= 0.3 is 0 Å². The molecule has 2 aromatic heterocycles. The molecule has 0 bridgehead atoms. The fourth-order valence-corrected chi connectivity index (χ4v) is 4.14. The first-order chi connectivity index (χ1) is 12.7. The molecule has 2 saturated heterocycles. The Labute approximate surface area is 154 Å². The Bertz CT molecular complexity index is 719. The highest BCUT2D eigenvalue weighted by Gasteiger charge is 2.29. The van der Waals surface area contributed by atoms with Crippen molar-refractivity contribution >= 4 is 5.69 Å². The number of ether oxygens (including phenoxy) is 2. The van der Waals surface area contributed by atoms with Crippen molar-refractivity contribution < 1.29 is 9.47 Å². The second-order valence-corrected chi connectivity index (χ2v) is 7.45. The lowest BCUT2D eigenvalue weighted by atomic mass is 9.91. The summed E-state index contributed by atoms with van der Waals surface area (Å²) in [7, 11) is 1.95. The molecule has 7 nitrogen and oxygen atoms in total. The molecule has 7 heteroatoms. The van der Waals surface area contributed by atoms with Crippen LogP contribution in [0.4, 0.5) is 5.69 Å². The molecule has 0 aliphatic carbocycles. The van der Waals surface area contributed by atoms with Gasteiger partial charge in [-0.2, -0.15) is 10.2 Å². The van der Waals surface area contributed by atoms with Crippen molar-refractivity contribution in [3.05, 3.63) is 29.8 Å². The molecule has 1 N–H and O–H groups in total. The van der Waals surface area contributed by atoms with Crippen molar-refractivity contribution in [2.24, 2.45) is 13.0 Å². The molecule has 26 heavy (non-hydrogen) atoms. The van der Waals surface area contributed by atoms with E-state index in [9.17, 15) is 0 Å². The molecule has 2 aromatic rings. The summed E-state index contributed by atoms with van der Waals surface area (Å²) in [4.78, 5) is 0. The molecule has 0 radical (unpaired) electrons. The van der Waals surface area contributed by atoms with E-state index in [1.165, 1.54) is 17.7 Å². The van der Waals surface area contributed by atoms with Gasteiger partial charge in [0.25, 0.3) is 0 Å². The number of anilines is 1. The third-order valence-electron chi connectivity index (χ3n) is 5.63. The van der Waals surface area contributed by atoms with E-state index in [0.29, 0.717) is 12.0 Å². The van der Waals surface area contributed by atoms with E-state index in [1.807, 2.05) is 24.1 Å². The van der Waals surface area contributed by atoms with Gasteiger partial charge in [0, 0.05) is 51.1 Å². The van der Waals surface area contributed by atoms with Crippen molar-refractivity contribution in [2.75, 3.05) is 31.7 Å². The normalized spacial score (nSPS) is 24.7. The van der Waals surface area contributed by atoms with E-state index in [4.69, 9.17) is 9.47 Å². The average Bonchev–Trinajstić information content (AvgIpc) is 3.27. The first kappa shape index (κ1) is 17.5. The van der Waals surface area contributed by atoms with E-state index in [1.54, 1.807) is 0 Å². The fourth-order valence-electron chi connectivity index (χ4n) is 4.14. The molecule has 0 spiro atoms. The van der Waals surface area contributed by atoms with Crippen molar-refractivity contribution in [3.63, 3.8) is 0 Å². The van der Waals surface area contributed by atoms with Gasteiger partial charge in [-0.05, 0) is 32.6 Å². The van der Waals surface area contributed by atoms with Gasteiger partial charge in [0.1, 0.15) is 0 Å². The molecule has 2 aliphatic rings. The van der Waals surface area contributed by atoms with Crippen LogP contribution < -0.4 is 5.32 Å². The van der Waals surface area contributed by atoms with Gasteiger partial charge in [-0.3, -0.25) is 9.36 Å². The van der Waals surface area contributed by atoms with Gasteiger partial charge in [-0.1, -0.05) is 0 Å². The van der Waals surface area contributed by atoms with Crippen LogP contribution in [0.15, 0.2) is 18.6 Å². The number of hydrogen-bond donors (Lipinski definition) is 1. The SMILES string of the molecule is Cc1c(NC[C@@H]2CCCO[C@H]2c2cnn(C)c2)cnn1C1CCOCC1. The second kappa shape index (κ2) is 7.80. The Kier molecular flexibility index (Phi) is 5.26. The number of rotatable bonds is 5. The molecule has 2 aliphatic heterocycles. The highest BCUT2D eigenvalue weighted by atomic mass is 16.5. The van der Waals surface area contributed by atoms with Crippen LogP contribution in [0.1, 0.15) is 49.1 Å². The molecular formula is C19H29N5O2. The van der Waals surface area contributed by atoms with Crippen LogP contribution in [0, 0.1) is 12.8 Å². The van der Waals surface area contributed by atoms with E-state index in [0.717, 1.165) is 51.3 Å². The summed E-state index contributed by atoms with van der Waals surface area (Å²) in [5, 5.41) is 12.6. The van der Waals surface area contributed by atoms with Crippen LogP contribution in [0.3, 0.4) is 0 Å². The zero-order chi connectivity index (χ0) is 17.9. The Balaban J connectivity index is 1.42. The molecule has 0 unspecified atom stereocenters. The monoisotopic (exact) mass is 359 g/mol. The van der Waals surface area contributed by atoms with E-state index in [2.05, 4.69) is 33.3 Å². The summed E-state index contributed by atoms with van der Waals surface area (Å²) in [5.41, 5.74) is 3.52. The van der Waals surface area contributed by atoms with Gasteiger partial charge in [-0.15, -0.1) is 0 Å². The second-order valence-electron chi connectivity index (χ2n) is 7.45. The van der Waals surface area contributed by atoms with Gasteiger partial charge in [-0.25, -0.2) is 0 Å². The van der Waals surface area contributed by atoms with Crippen LogP contribution >= 0.6 is 0 Å². The van der Waals surface area contributed by atoms with Gasteiger partial charge < -0.3 is 14.8 Å². The lowest BCUT2D eigenvalue weighted by Crippen LogP contribution is -2.28. The molecule has 2 atom stereocenters. The van der Waals surface area contributed by atoms with Gasteiger partial charge in [0.2, 0.25) is 0 Å².